The molecule has 2 rings (SSSR count). The highest BCUT2D eigenvalue weighted by Crippen LogP contribution is 2.37. The molecule has 0 saturated heterocycles. The van der Waals surface area contributed by atoms with Crippen molar-refractivity contribution in [1.29, 1.82) is 0 Å². The molecule has 0 atom stereocenters. The number of carbonyl (C=O) groups is 1. The molecular weight excluding hydrogens is 250 g/mol. The first-order valence-electron chi connectivity index (χ1n) is 6.20. The lowest BCUT2D eigenvalue weighted by Gasteiger charge is -2.14. The minimum Gasteiger partial charge on any atom is -0.394 e. The van der Waals surface area contributed by atoms with E-state index >= 15 is 0 Å². The minimum absolute atomic E-state index is 0.0729. The van der Waals surface area contributed by atoms with Crippen LogP contribution in [0.5, 0.6) is 0 Å². The molecule has 0 aromatic carbocycles. The number of carbonyl (C=O) groups excluding carboxylic acids is 1. The van der Waals surface area contributed by atoms with Crippen molar-refractivity contribution in [3.8, 4) is 0 Å². The molecule has 1 amide bonds. The van der Waals surface area contributed by atoms with Crippen molar-refractivity contribution in [2.45, 2.75) is 31.7 Å². The Morgan fingerprint density at radius 1 is 1.47 bits per heavy atom. The van der Waals surface area contributed by atoms with Crippen LogP contribution >= 0.6 is 0 Å². The van der Waals surface area contributed by atoms with Crippen LogP contribution in [0.4, 0.5) is 0 Å². The molecule has 1 aromatic rings. The smallest absolute Gasteiger partial charge is 0.264 e. The number of hydrogen-bond acceptors (Lipinski definition) is 5. The number of rotatable bonds is 5. The van der Waals surface area contributed by atoms with Crippen LogP contribution in [-0.2, 0) is 0 Å². The molecule has 0 aliphatic heterocycles. The second kappa shape index (κ2) is 5.50. The van der Waals surface area contributed by atoms with E-state index < -0.39 is 30.7 Å². The lowest BCUT2D eigenvalue weighted by atomic mass is 10.2. The van der Waals surface area contributed by atoms with Crippen molar-refractivity contribution in [3.63, 3.8) is 0 Å². The summed E-state index contributed by atoms with van der Waals surface area (Å²) in [7, 11) is 0. The Morgan fingerprint density at radius 3 is 2.58 bits per heavy atom. The standard InChI is InChI=1S/C12H17N3O4/c1-6-9(11(18)14-8(4-16)5-17)12(19)15-10(13-6)7-2-3-7/h7-8,16-17H,2-5H2,1H3,(H,14,18)(H,13,15,19). The number of aromatic amines is 1. The largest absolute Gasteiger partial charge is 0.394 e. The highest BCUT2D eigenvalue weighted by atomic mass is 16.3. The van der Waals surface area contributed by atoms with E-state index in [-0.39, 0.29) is 5.56 Å². The predicted octanol–water partition coefficient (Wildman–Crippen LogP) is -0.961. The number of aliphatic hydroxyl groups is 2. The van der Waals surface area contributed by atoms with Gasteiger partial charge in [-0.3, -0.25) is 9.59 Å². The monoisotopic (exact) mass is 267 g/mol. The van der Waals surface area contributed by atoms with E-state index in [1.54, 1.807) is 6.92 Å². The Kier molecular flexibility index (Phi) is 3.96. The SMILES string of the molecule is Cc1nc(C2CC2)[nH]c(=O)c1C(=O)NC(CO)CO. The average Bonchev–Trinajstić information content (AvgIpc) is 3.19. The third kappa shape index (κ3) is 2.99. The van der Waals surface area contributed by atoms with Crippen LogP contribution in [0.3, 0.4) is 0 Å². The molecule has 104 valence electrons. The van der Waals surface area contributed by atoms with E-state index in [1.807, 2.05) is 0 Å². The first-order valence-corrected chi connectivity index (χ1v) is 6.20. The zero-order chi connectivity index (χ0) is 14.0. The van der Waals surface area contributed by atoms with Gasteiger partial charge in [-0.05, 0) is 19.8 Å². The Labute approximate surface area is 109 Å². The molecule has 7 heteroatoms. The molecular formula is C12H17N3O4. The van der Waals surface area contributed by atoms with Gasteiger partial charge in [-0.1, -0.05) is 0 Å². The summed E-state index contributed by atoms with van der Waals surface area (Å²) in [5.74, 6) is 0.285. The molecule has 0 radical (unpaired) electrons. The van der Waals surface area contributed by atoms with E-state index in [9.17, 15) is 9.59 Å². The first kappa shape index (κ1) is 13.7. The predicted molar refractivity (Wildman–Crippen MR) is 67.0 cm³/mol. The molecule has 0 spiro atoms. The molecule has 1 aromatic heterocycles. The van der Waals surface area contributed by atoms with E-state index in [4.69, 9.17) is 10.2 Å². The van der Waals surface area contributed by atoms with E-state index in [0.29, 0.717) is 17.4 Å². The summed E-state index contributed by atoms with van der Waals surface area (Å²) >= 11 is 0. The average molecular weight is 267 g/mol. The third-order valence-electron chi connectivity index (χ3n) is 3.09. The van der Waals surface area contributed by atoms with Crippen molar-refractivity contribution < 1.29 is 15.0 Å². The maximum absolute atomic E-state index is 11.9. The number of aryl methyl sites for hydroxylation is 1. The van der Waals surface area contributed by atoms with Gasteiger partial charge in [0.2, 0.25) is 0 Å². The van der Waals surface area contributed by atoms with Crippen LogP contribution in [0.1, 0.15) is 40.6 Å². The highest BCUT2D eigenvalue weighted by molar-refractivity contribution is 5.95. The molecule has 1 aliphatic carbocycles. The quantitative estimate of drug-likeness (QED) is 0.548. The Hall–Kier alpha value is -1.73. The van der Waals surface area contributed by atoms with E-state index in [1.165, 1.54) is 0 Å². The lowest BCUT2D eigenvalue weighted by molar-refractivity contribution is 0.0876. The second-order valence-corrected chi connectivity index (χ2v) is 4.72. The number of aliphatic hydroxyl groups excluding tert-OH is 2. The fourth-order valence-electron chi connectivity index (χ4n) is 1.83. The van der Waals surface area contributed by atoms with Crippen molar-refractivity contribution in [2.24, 2.45) is 0 Å². The third-order valence-corrected chi connectivity index (χ3v) is 3.09. The van der Waals surface area contributed by atoms with Crippen LogP contribution in [0.15, 0.2) is 4.79 Å². The number of amides is 1. The fourth-order valence-corrected chi connectivity index (χ4v) is 1.83. The Morgan fingerprint density at radius 2 is 2.11 bits per heavy atom. The summed E-state index contributed by atoms with van der Waals surface area (Å²) in [6, 6.07) is -0.783. The Bertz CT molecular complexity index is 532. The van der Waals surface area contributed by atoms with Gasteiger partial charge in [-0.25, -0.2) is 4.98 Å². The molecule has 0 unspecified atom stereocenters. The second-order valence-electron chi connectivity index (χ2n) is 4.72. The van der Waals surface area contributed by atoms with Crippen LogP contribution in [0.2, 0.25) is 0 Å². The van der Waals surface area contributed by atoms with Gasteiger partial charge < -0.3 is 20.5 Å². The van der Waals surface area contributed by atoms with Gasteiger partial charge in [0.15, 0.2) is 0 Å². The van der Waals surface area contributed by atoms with E-state index in [0.717, 1.165) is 12.8 Å². The molecule has 1 heterocycles. The van der Waals surface area contributed by atoms with E-state index in [2.05, 4.69) is 15.3 Å². The van der Waals surface area contributed by atoms with Gasteiger partial charge >= 0.3 is 0 Å². The number of H-pyrrole nitrogens is 1. The maximum Gasteiger partial charge on any atom is 0.264 e. The van der Waals surface area contributed by atoms with Crippen LogP contribution in [0.25, 0.3) is 0 Å². The fraction of sp³-hybridized carbons (Fsp3) is 0.583. The zero-order valence-corrected chi connectivity index (χ0v) is 10.6. The highest BCUT2D eigenvalue weighted by Gasteiger charge is 2.28. The molecule has 7 nitrogen and oxygen atoms in total. The summed E-state index contributed by atoms with van der Waals surface area (Å²) in [5, 5.41) is 20.2. The van der Waals surface area contributed by atoms with Gasteiger partial charge in [0.05, 0.1) is 24.9 Å². The van der Waals surface area contributed by atoms with Gasteiger partial charge in [0.1, 0.15) is 11.4 Å². The van der Waals surface area contributed by atoms with Crippen LogP contribution in [0, 0.1) is 6.92 Å². The van der Waals surface area contributed by atoms with Crippen molar-refractivity contribution in [2.75, 3.05) is 13.2 Å². The summed E-state index contributed by atoms with van der Waals surface area (Å²) in [5.41, 5.74) is -0.199. The first-order chi connectivity index (χ1) is 9.06. The maximum atomic E-state index is 11.9. The van der Waals surface area contributed by atoms with Gasteiger partial charge in [0, 0.05) is 5.92 Å². The number of hydrogen-bond donors (Lipinski definition) is 4. The number of nitrogens with one attached hydrogen (secondary N) is 2. The summed E-state index contributed by atoms with van der Waals surface area (Å²) in [6.07, 6.45) is 2.01. The number of nitrogens with zero attached hydrogens (tertiary/aromatic N) is 1. The van der Waals surface area contributed by atoms with Crippen molar-refractivity contribution in [3.05, 3.63) is 27.4 Å². The molecule has 4 N–H and O–H groups in total. The lowest BCUT2D eigenvalue weighted by Crippen LogP contribution is -2.42. The molecule has 1 saturated carbocycles. The van der Waals surface area contributed by atoms with Gasteiger partial charge in [-0.2, -0.15) is 0 Å². The van der Waals surface area contributed by atoms with Gasteiger partial charge in [-0.15, -0.1) is 0 Å². The van der Waals surface area contributed by atoms with Crippen molar-refractivity contribution >= 4 is 5.91 Å². The van der Waals surface area contributed by atoms with Crippen molar-refractivity contribution in [1.82, 2.24) is 15.3 Å². The summed E-state index contributed by atoms with van der Waals surface area (Å²) < 4.78 is 0. The van der Waals surface area contributed by atoms with Crippen LogP contribution < -0.4 is 10.9 Å². The summed E-state index contributed by atoms with van der Waals surface area (Å²) in [6.45, 7) is 0.808. The van der Waals surface area contributed by atoms with Crippen LogP contribution in [-0.4, -0.2) is 45.3 Å². The van der Waals surface area contributed by atoms with Gasteiger partial charge in [0.25, 0.3) is 11.5 Å². The normalized spacial score (nSPS) is 14.7. The number of aromatic nitrogens is 2. The zero-order valence-electron chi connectivity index (χ0n) is 10.6. The minimum atomic E-state index is -0.783. The molecule has 19 heavy (non-hydrogen) atoms. The summed E-state index contributed by atoms with van der Waals surface area (Å²) in [4.78, 5) is 30.7. The molecule has 1 fully saturated rings. The molecule has 1 aliphatic rings. The Balaban J connectivity index is 2.24. The molecule has 0 bridgehead atoms. The topological polar surface area (TPSA) is 115 Å².